The van der Waals surface area contributed by atoms with Gasteiger partial charge in [-0.25, -0.2) is 0 Å². The van der Waals surface area contributed by atoms with Gasteiger partial charge in [-0.05, 0) is 84.8 Å². The fourth-order valence-corrected chi connectivity index (χ4v) is 5.84. The summed E-state index contributed by atoms with van der Waals surface area (Å²) >= 11 is 1.41. The van der Waals surface area contributed by atoms with E-state index < -0.39 is 17.1 Å². The van der Waals surface area contributed by atoms with Gasteiger partial charge in [0.2, 0.25) is 5.91 Å². The molecule has 3 amide bonds. The molecule has 1 unspecified atom stereocenters. The van der Waals surface area contributed by atoms with Crippen molar-refractivity contribution in [2.24, 2.45) is 0 Å². The van der Waals surface area contributed by atoms with Crippen LogP contribution in [0.2, 0.25) is 0 Å². The molecule has 0 aliphatic carbocycles. The molecule has 0 fully saturated rings. The maximum absolute atomic E-state index is 13.7. The standard InChI is InChI=1S/C39H35N3O5S/c1-26-12-10-11-17-33(26)41-39(45)36(27-13-6-4-7-14-27)48-32-21-18-30(19-22-32)40-38(44)34(42-37(43)28-15-8-5-9-16-28)25-29-24-31(46-2)20-23-35(29)47-3/h4-25,36H,1-3H3,(H,40,44)(H,41,45)(H,42,43)/b34-25-. The number of carbonyl (C=O) groups excluding carboxylic acids is 3. The minimum absolute atomic E-state index is 0.00544. The van der Waals surface area contributed by atoms with Gasteiger partial charge in [-0.3, -0.25) is 14.4 Å². The normalized spacial score (nSPS) is 11.6. The minimum atomic E-state index is -0.538. The summed E-state index contributed by atoms with van der Waals surface area (Å²) in [6, 6.07) is 38.2. The molecule has 3 N–H and O–H groups in total. The van der Waals surface area contributed by atoms with E-state index in [0.717, 1.165) is 21.7 Å². The van der Waals surface area contributed by atoms with Crippen LogP contribution in [0.1, 0.15) is 32.3 Å². The van der Waals surface area contributed by atoms with Crippen LogP contribution in [0.5, 0.6) is 11.5 Å². The maximum Gasteiger partial charge on any atom is 0.272 e. The summed E-state index contributed by atoms with van der Waals surface area (Å²) in [7, 11) is 3.07. The SMILES string of the molecule is COc1ccc(OC)c(/C=C(\NC(=O)c2ccccc2)C(=O)Nc2ccc(SC(C(=O)Nc3ccccc3C)c3ccccc3)cc2)c1. The lowest BCUT2D eigenvalue weighted by atomic mass is 10.1. The number of thioether (sulfide) groups is 1. The molecule has 5 aromatic carbocycles. The van der Waals surface area contributed by atoms with E-state index in [1.807, 2.05) is 79.7 Å². The third-order valence-corrected chi connectivity index (χ3v) is 8.64. The molecule has 5 aromatic rings. The average Bonchev–Trinajstić information content (AvgIpc) is 3.12. The molecule has 242 valence electrons. The average molecular weight is 658 g/mol. The van der Waals surface area contributed by atoms with E-state index in [4.69, 9.17) is 9.47 Å². The van der Waals surface area contributed by atoms with Gasteiger partial charge >= 0.3 is 0 Å². The molecule has 48 heavy (non-hydrogen) atoms. The molecule has 0 saturated heterocycles. The van der Waals surface area contributed by atoms with Crippen LogP contribution in [0.25, 0.3) is 6.08 Å². The van der Waals surface area contributed by atoms with Gasteiger partial charge in [0, 0.05) is 27.4 Å². The number of ether oxygens (including phenoxy) is 2. The van der Waals surface area contributed by atoms with E-state index in [9.17, 15) is 14.4 Å². The lowest BCUT2D eigenvalue weighted by Gasteiger charge is -2.18. The van der Waals surface area contributed by atoms with E-state index in [0.29, 0.717) is 28.3 Å². The lowest BCUT2D eigenvalue weighted by Crippen LogP contribution is -2.30. The number of amides is 3. The number of methoxy groups -OCH3 is 2. The topological polar surface area (TPSA) is 106 Å². The summed E-state index contributed by atoms with van der Waals surface area (Å²) in [5, 5.41) is 8.17. The first-order chi connectivity index (χ1) is 23.3. The Balaban J connectivity index is 1.37. The van der Waals surface area contributed by atoms with Gasteiger partial charge in [0.05, 0.1) is 14.2 Å². The van der Waals surface area contributed by atoms with Gasteiger partial charge in [-0.2, -0.15) is 0 Å². The molecule has 0 saturated carbocycles. The molecule has 0 aliphatic rings. The highest BCUT2D eigenvalue weighted by molar-refractivity contribution is 8.00. The van der Waals surface area contributed by atoms with Crippen molar-refractivity contribution in [2.45, 2.75) is 17.1 Å². The zero-order valence-corrected chi connectivity index (χ0v) is 27.5. The largest absolute Gasteiger partial charge is 0.497 e. The quantitative estimate of drug-likeness (QED) is 0.0931. The molecule has 0 radical (unpaired) electrons. The number of anilines is 2. The Labute approximate surface area is 284 Å². The van der Waals surface area contributed by atoms with Crippen LogP contribution < -0.4 is 25.4 Å². The second-order valence-electron chi connectivity index (χ2n) is 10.7. The monoisotopic (exact) mass is 657 g/mol. The Bertz CT molecular complexity index is 1910. The van der Waals surface area contributed by atoms with Crippen LogP contribution in [-0.4, -0.2) is 31.9 Å². The van der Waals surface area contributed by atoms with Gasteiger partial charge in [-0.15, -0.1) is 11.8 Å². The first kappa shape index (κ1) is 33.6. The number of aryl methyl sites for hydroxylation is 1. The molecule has 0 bridgehead atoms. The Morgan fingerprint density at radius 3 is 2.06 bits per heavy atom. The molecule has 9 heteroatoms. The van der Waals surface area contributed by atoms with Gasteiger partial charge < -0.3 is 25.4 Å². The summed E-state index contributed by atoms with van der Waals surface area (Å²) in [6.07, 6.45) is 1.54. The number of rotatable bonds is 12. The van der Waals surface area contributed by atoms with Crippen molar-refractivity contribution in [1.82, 2.24) is 5.32 Å². The summed E-state index contributed by atoms with van der Waals surface area (Å²) in [4.78, 5) is 41.1. The molecule has 5 rings (SSSR count). The van der Waals surface area contributed by atoms with Crippen LogP contribution >= 0.6 is 11.8 Å². The molecule has 1 atom stereocenters. The van der Waals surface area contributed by atoms with Crippen molar-refractivity contribution in [1.29, 1.82) is 0 Å². The summed E-state index contributed by atoms with van der Waals surface area (Å²) in [5.41, 5.74) is 4.04. The fraction of sp³-hybridized carbons (Fsp3) is 0.103. The minimum Gasteiger partial charge on any atom is -0.497 e. The number of carbonyl (C=O) groups is 3. The number of hydrogen-bond acceptors (Lipinski definition) is 6. The van der Waals surface area contributed by atoms with Crippen LogP contribution in [0.3, 0.4) is 0 Å². The van der Waals surface area contributed by atoms with Crippen molar-refractivity contribution >= 4 is 46.9 Å². The van der Waals surface area contributed by atoms with Gasteiger partial charge in [0.25, 0.3) is 11.8 Å². The van der Waals surface area contributed by atoms with Crippen LogP contribution in [0.4, 0.5) is 11.4 Å². The van der Waals surface area contributed by atoms with Crippen molar-refractivity contribution in [3.63, 3.8) is 0 Å². The number of benzene rings is 5. The predicted octanol–water partition coefficient (Wildman–Crippen LogP) is 7.89. The number of hydrogen-bond donors (Lipinski definition) is 3. The molecular formula is C39H35N3O5S. The van der Waals surface area contributed by atoms with Crippen LogP contribution in [0, 0.1) is 6.92 Å². The van der Waals surface area contributed by atoms with E-state index in [-0.39, 0.29) is 11.6 Å². The molecular weight excluding hydrogens is 623 g/mol. The van der Waals surface area contributed by atoms with Crippen molar-refractivity contribution in [2.75, 3.05) is 24.9 Å². The molecule has 0 heterocycles. The molecule has 0 spiro atoms. The summed E-state index contributed by atoms with van der Waals surface area (Å²) in [5.74, 6) is -0.0674. The van der Waals surface area contributed by atoms with Crippen molar-refractivity contribution in [3.8, 4) is 11.5 Å². The van der Waals surface area contributed by atoms with E-state index >= 15 is 0 Å². The summed E-state index contributed by atoms with van der Waals surface area (Å²) in [6.45, 7) is 1.95. The van der Waals surface area contributed by atoms with E-state index in [1.54, 1.807) is 67.8 Å². The Morgan fingerprint density at radius 1 is 0.729 bits per heavy atom. The number of para-hydroxylation sites is 1. The Kier molecular flexibility index (Phi) is 11.3. The predicted molar refractivity (Wildman–Crippen MR) is 191 cm³/mol. The summed E-state index contributed by atoms with van der Waals surface area (Å²) < 4.78 is 10.8. The van der Waals surface area contributed by atoms with E-state index in [2.05, 4.69) is 16.0 Å². The Morgan fingerprint density at radius 2 is 1.40 bits per heavy atom. The van der Waals surface area contributed by atoms with Crippen LogP contribution in [-0.2, 0) is 9.59 Å². The maximum atomic E-state index is 13.7. The second-order valence-corrected chi connectivity index (χ2v) is 11.9. The van der Waals surface area contributed by atoms with Crippen LogP contribution in [0.15, 0.2) is 138 Å². The second kappa shape index (κ2) is 16.2. The first-order valence-corrected chi connectivity index (χ1v) is 16.0. The van der Waals surface area contributed by atoms with Gasteiger partial charge in [-0.1, -0.05) is 66.7 Å². The van der Waals surface area contributed by atoms with Gasteiger partial charge in [0.1, 0.15) is 22.4 Å². The highest BCUT2D eigenvalue weighted by Crippen LogP contribution is 2.37. The third kappa shape index (κ3) is 8.71. The van der Waals surface area contributed by atoms with Gasteiger partial charge in [0.15, 0.2) is 0 Å². The first-order valence-electron chi connectivity index (χ1n) is 15.1. The third-order valence-electron chi connectivity index (χ3n) is 7.38. The van der Waals surface area contributed by atoms with Crippen molar-refractivity contribution < 1.29 is 23.9 Å². The molecule has 0 aliphatic heterocycles. The Hall–Kier alpha value is -5.80. The highest BCUT2D eigenvalue weighted by Gasteiger charge is 2.23. The molecule has 0 aromatic heterocycles. The van der Waals surface area contributed by atoms with E-state index in [1.165, 1.54) is 18.9 Å². The zero-order valence-electron chi connectivity index (χ0n) is 26.7. The fourth-order valence-electron chi connectivity index (χ4n) is 4.81. The zero-order chi connectivity index (χ0) is 33.9. The smallest absolute Gasteiger partial charge is 0.272 e. The lowest BCUT2D eigenvalue weighted by molar-refractivity contribution is -0.116. The van der Waals surface area contributed by atoms with Crippen molar-refractivity contribution in [3.05, 3.63) is 155 Å². The number of nitrogens with one attached hydrogen (secondary N) is 3. The molecule has 8 nitrogen and oxygen atoms in total. The highest BCUT2D eigenvalue weighted by atomic mass is 32.2.